The van der Waals surface area contributed by atoms with Crippen LogP contribution < -0.4 is 10.0 Å². The average Bonchev–Trinajstić information content (AvgIpc) is 2.45. The number of carbonyl (C=O) groups excluding carboxylic acids is 1. The van der Waals surface area contributed by atoms with Crippen LogP contribution in [0.4, 0.5) is 0 Å². The third kappa shape index (κ3) is 4.49. The number of carbonyl (C=O) groups is 1. The number of piperidine rings is 1. The first kappa shape index (κ1) is 14.8. The molecule has 0 unspecified atom stereocenters. The first-order valence-electron chi connectivity index (χ1n) is 7.34. The summed E-state index contributed by atoms with van der Waals surface area (Å²) >= 11 is 0. The summed E-state index contributed by atoms with van der Waals surface area (Å²) in [5.74, 6) is 0.672. The van der Waals surface area contributed by atoms with Gasteiger partial charge in [-0.2, -0.15) is 4.73 Å². The number of aromatic nitrogens is 1. The van der Waals surface area contributed by atoms with Gasteiger partial charge in [-0.1, -0.05) is 6.92 Å². The van der Waals surface area contributed by atoms with Crippen LogP contribution >= 0.6 is 0 Å². The summed E-state index contributed by atoms with van der Waals surface area (Å²) in [6.07, 6.45) is 6.17. The number of rotatable bonds is 5. The SMILES string of the molecule is CC1CCN(CCCNC(=O)c2ccc[n+]([O-])c2)CC1. The molecule has 2 heterocycles. The average molecular weight is 277 g/mol. The maximum absolute atomic E-state index is 11.8. The fourth-order valence-corrected chi connectivity index (χ4v) is 2.48. The lowest BCUT2D eigenvalue weighted by Crippen LogP contribution is -2.35. The second-order valence-corrected chi connectivity index (χ2v) is 5.59. The van der Waals surface area contributed by atoms with Crippen LogP contribution in [0.1, 0.15) is 36.5 Å². The molecule has 0 atom stereocenters. The maximum atomic E-state index is 11.8. The van der Waals surface area contributed by atoms with Crippen LogP contribution in [0.3, 0.4) is 0 Å². The summed E-state index contributed by atoms with van der Waals surface area (Å²) in [5, 5.41) is 13.9. The third-order valence-corrected chi connectivity index (χ3v) is 3.85. The number of hydrogen-bond acceptors (Lipinski definition) is 3. The number of amides is 1. The van der Waals surface area contributed by atoms with Crippen LogP contribution in [0.25, 0.3) is 0 Å². The van der Waals surface area contributed by atoms with E-state index in [1.54, 1.807) is 12.1 Å². The van der Waals surface area contributed by atoms with E-state index in [1.165, 1.54) is 38.3 Å². The molecule has 1 aromatic rings. The Bertz CT molecular complexity index is 442. The van der Waals surface area contributed by atoms with Gasteiger partial charge in [-0.15, -0.1) is 0 Å². The Kier molecular flexibility index (Phi) is 5.35. The number of likely N-dealkylation sites (tertiary alicyclic amines) is 1. The summed E-state index contributed by atoms with van der Waals surface area (Å²) in [6, 6.07) is 3.23. The van der Waals surface area contributed by atoms with Crippen molar-refractivity contribution in [2.75, 3.05) is 26.2 Å². The lowest BCUT2D eigenvalue weighted by molar-refractivity contribution is -0.605. The molecule has 1 amide bonds. The van der Waals surface area contributed by atoms with Gasteiger partial charge >= 0.3 is 0 Å². The Hall–Kier alpha value is -1.62. The zero-order chi connectivity index (χ0) is 14.4. The predicted octanol–water partition coefficient (Wildman–Crippen LogP) is 1.17. The van der Waals surface area contributed by atoms with Crippen molar-refractivity contribution in [1.29, 1.82) is 0 Å². The minimum atomic E-state index is -0.178. The number of hydrogen-bond donors (Lipinski definition) is 1. The van der Waals surface area contributed by atoms with Crippen molar-refractivity contribution in [2.45, 2.75) is 26.2 Å². The standard InChI is InChI=1S/C15H23N3O2/c1-13-5-10-17(11-6-13)8-3-7-16-15(19)14-4-2-9-18(20)12-14/h2,4,9,12-13H,3,5-8,10-11H2,1H3,(H,16,19). The summed E-state index contributed by atoms with van der Waals surface area (Å²) in [7, 11) is 0. The Labute approximate surface area is 120 Å². The van der Waals surface area contributed by atoms with Crippen LogP contribution in [0.5, 0.6) is 0 Å². The number of nitrogens with one attached hydrogen (secondary N) is 1. The predicted molar refractivity (Wildman–Crippen MR) is 77.2 cm³/mol. The van der Waals surface area contributed by atoms with Crippen molar-refractivity contribution in [1.82, 2.24) is 10.2 Å². The molecule has 1 fully saturated rings. The minimum absolute atomic E-state index is 0.178. The van der Waals surface area contributed by atoms with E-state index in [1.807, 2.05) is 0 Å². The molecule has 1 saturated heterocycles. The first-order valence-corrected chi connectivity index (χ1v) is 7.34. The molecule has 1 aromatic heterocycles. The lowest BCUT2D eigenvalue weighted by atomic mass is 9.99. The van der Waals surface area contributed by atoms with Gasteiger partial charge in [0, 0.05) is 12.6 Å². The highest BCUT2D eigenvalue weighted by atomic mass is 16.5. The molecular formula is C15H23N3O2. The van der Waals surface area contributed by atoms with Crippen molar-refractivity contribution in [3.8, 4) is 0 Å². The monoisotopic (exact) mass is 277 g/mol. The van der Waals surface area contributed by atoms with Crippen LogP contribution in [0.2, 0.25) is 0 Å². The Morgan fingerprint density at radius 1 is 1.50 bits per heavy atom. The molecule has 5 heteroatoms. The van der Waals surface area contributed by atoms with Crippen LogP contribution in [-0.2, 0) is 0 Å². The molecule has 1 N–H and O–H groups in total. The van der Waals surface area contributed by atoms with Crippen molar-refractivity contribution >= 4 is 5.91 Å². The minimum Gasteiger partial charge on any atom is -0.619 e. The normalized spacial score (nSPS) is 17.1. The van der Waals surface area contributed by atoms with E-state index in [4.69, 9.17) is 0 Å². The fraction of sp³-hybridized carbons (Fsp3) is 0.600. The zero-order valence-corrected chi connectivity index (χ0v) is 12.0. The van der Waals surface area contributed by atoms with Gasteiger partial charge in [-0.3, -0.25) is 4.79 Å². The fourth-order valence-electron chi connectivity index (χ4n) is 2.48. The molecule has 1 aliphatic heterocycles. The first-order chi connectivity index (χ1) is 9.65. The molecule has 2 rings (SSSR count). The number of nitrogens with zero attached hydrogens (tertiary/aromatic N) is 2. The Balaban J connectivity index is 1.64. The third-order valence-electron chi connectivity index (χ3n) is 3.85. The van der Waals surface area contributed by atoms with E-state index in [2.05, 4.69) is 17.1 Å². The quantitative estimate of drug-likeness (QED) is 0.499. The van der Waals surface area contributed by atoms with Crippen molar-refractivity contribution in [2.24, 2.45) is 5.92 Å². The molecule has 5 nitrogen and oxygen atoms in total. The molecular weight excluding hydrogens is 254 g/mol. The summed E-state index contributed by atoms with van der Waals surface area (Å²) in [5.41, 5.74) is 0.411. The van der Waals surface area contributed by atoms with Gasteiger partial charge in [0.25, 0.3) is 5.91 Å². The Morgan fingerprint density at radius 2 is 2.25 bits per heavy atom. The molecule has 0 saturated carbocycles. The summed E-state index contributed by atoms with van der Waals surface area (Å²) < 4.78 is 0.643. The lowest BCUT2D eigenvalue weighted by Gasteiger charge is -2.30. The molecule has 110 valence electrons. The van der Waals surface area contributed by atoms with E-state index in [0.717, 1.165) is 18.9 Å². The van der Waals surface area contributed by atoms with Gasteiger partial charge in [0.15, 0.2) is 12.4 Å². The van der Waals surface area contributed by atoms with Gasteiger partial charge < -0.3 is 15.4 Å². The number of pyridine rings is 1. The van der Waals surface area contributed by atoms with E-state index in [0.29, 0.717) is 16.8 Å². The highest BCUT2D eigenvalue weighted by molar-refractivity contribution is 5.93. The van der Waals surface area contributed by atoms with Crippen LogP contribution in [0.15, 0.2) is 24.5 Å². The second kappa shape index (κ2) is 7.24. The van der Waals surface area contributed by atoms with Gasteiger partial charge in [-0.25, -0.2) is 0 Å². The van der Waals surface area contributed by atoms with Gasteiger partial charge in [0.05, 0.1) is 0 Å². The highest BCUT2D eigenvalue weighted by Gasteiger charge is 2.15. The molecule has 0 bridgehead atoms. The van der Waals surface area contributed by atoms with E-state index in [9.17, 15) is 10.0 Å². The van der Waals surface area contributed by atoms with Crippen LogP contribution in [-0.4, -0.2) is 37.0 Å². The van der Waals surface area contributed by atoms with Gasteiger partial charge in [0.2, 0.25) is 0 Å². The molecule has 1 aliphatic rings. The van der Waals surface area contributed by atoms with Gasteiger partial charge in [-0.05, 0) is 50.9 Å². The van der Waals surface area contributed by atoms with Crippen molar-refractivity contribution in [3.63, 3.8) is 0 Å². The van der Waals surface area contributed by atoms with E-state index in [-0.39, 0.29) is 5.91 Å². The van der Waals surface area contributed by atoms with Crippen molar-refractivity contribution < 1.29 is 9.52 Å². The van der Waals surface area contributed by atoms with E-state index < -0.39 is 0 Å². The Morgan fingerprint density at radius 3 is 2.95 bits per heavy atom. The van der Waals surface area contributed by atoms with Gasteiger partial charge in [0.1, 0.15) is 5.56 Å². The smallest absolute Gasteiger partial charge is 0.257 e. The zero-order valence-electron chi connectivity index (χ0n) is 12.0. The molecule has 0 spiro atoms. The molecule has 0 aromatic carbocycles. The maximum Gasteiger partial charge on any atom is 0.257 e. The molecule has 0 aliphatic carbocycles. The van der Waals surface area contributed by atoms with E-state index >= 15 is 0 Å². The van der Waals surface area contributed by atoms with Crippen LogP contribution in [0, 0.1) is 11.1 Å². The second-order valence-electron chi connectivity index (χ2n) is 5.59. The van der Waals surface area contributed by atoms with Crippen molar-refractivity contribution in [3.05, 3.63) is 35.3 Å². The largest absolute Gasteiger partial charge is 0.619 e. The topological polar surface area (TPSA) is 59.3 Å². The highest BCUT2D eigenvalue weighted by Crippen LogP contribution is 2.15. The summed E-state index contributed by atoms with van der Waals surface area (Å²) in [6.45, 7) is 6.33. The molecule has 20 heavy (non-hydrogen) atoms. The molecule has 0 radical (unpaired) electrons. The summed E-state index contributed by atoms with van der Waals surface area (Å²) in [4.78, 5) is 14.3.